The van der Waals surface area contributed by atoms with Crippen molar-refractivity contribution in [2.75, 3.05) is 55.8 Å². The molecule has 0 bridgehead atoms. The number of hydrogen-bond donors (Lipinski definition) is 2. The lowest BCUT2D eigenvalue weighted by molar-refractivity contribution is -0.159. The molecule has 0 amide bonds. The third kappa shape index (κ3) is 13.5. The molecular formula is C30H34N2O12. The topological polar surface area (TPSA) is 186 Å². The second-order valence-corrected chi connectivity index (χ2v) is 9.05. The summed E-state index contributed by atoms with van der Waals surface area (Å²) in [5, 5.41) is 17.8. The minimum Gasteiger partial charge on any atom is -0.480 e. The van der Waals surface area contributed by atoms with E-state index < -0.39 is 41.9 Å². The molecule has 14 heteroatoms. The summed E-state index contributed by atoms with van der Waals surface area (Å²) in [6.07, 6.45) is 0.847. The number of hydrogen-bond acceptors (Lipinski definition) is 12. The number of benzene rings is 2. The molecule has 2 aromatic rings. The molecule has 14 nitrogen and oxygen atoms in total. The molecule has 0 radical (unpaired) electrons. The Morgan fingerprint density at radius 2 is 1.30 bits per heavy atom. The highest BCUT2D eigenvalue weighted by Crippen LogP contribution is 2.15. The van der Waals surface area contributed by atoms with Gasteiger partial charge in [-0.2, -0.15) is 0 Å². The Morgan fingerprint density at radius 1 is 0.795 bits per heavy atom. The fourth-order valence-corrected chi connectivity index (χ4v) is 3.70. The number of carboxylic acid groups (broad SMARTS) is 2. The van der Waals surface area contributed by atoms with E-state index >= 15 is 0 Å². The summed E-state index contributed by atoms with van der Waals surface area (Å²) >= 11 is 0. The highest BCUT2D eigenvalue weighted by molar-refractivity contribution is 5.84. The zero-order chi connectivity index (χ0) is 32.3. The number of carbonyl (C=O) groups excluding carboxylic acids is 4. The van der Waals surface area contributed by atoms with Gasteiger partial charge in [-0.3, -0.25) is 19.2 Å². The van der Waals surface area contributed by atoms with E-state index in [4.69, 9.17) is 29.2 Å². The maximum atomic E-state index is 11.8. The Morgan fingerprint density at radius 3 is 1.75 bits per heavy atom. The number of ether oxygens (including phenoxy) is 4. The van der Waals surface area contributed by atoms with Gasteiger partial charge in [-0.15, -0.1) is 0 Å². The maximum Gasteiger partial charge on any atom is 0.347 e. The third-order valence-corrected chi connectivity index (χ3v) is 5.66. The number of carbonyl (C=O) groups is 6. The van der Waals surface area contributed by atoms with Crippen molar-refractivity contribution in [3.8, 4) is 0 Å². The van der Waals surface area contributed by atoms with Crippen molar-refractivity contribution < 1.29 is 57.9 Å². The van der Waals surface area contributed by atoms with Crippen molar-refractivity contribution in [3.63, 3.8) is 0 Å². The molecular weight excluding hydrogens is 580 g/mol. The number of esters is 4. The minimum absolute atomic E-state index is 0.0823. The number of anilines is 2. The van der Waals surface area contributed by atoms with Gasteiger partial charge >= 0.3 is 35.8 Å². The van der Waals surface area contributed by atoms with Gasteiger partial charge in [0.05, 0.1) is 19.8 Å². The molecule has 2 aromatic carbocycles. The summed E-state index contributed by atoms with van der Waals surface area (Å²) in [4.78, 5) is 70.2. The number of cyclic esters (lactones) is 1. The number of rotatable bonds is 16. The van der Waals surface area contributed by atoms with E-state index in [0.29, 0.717) is 24.2 Å². The van der Waals surface area contributed by atoms with Crippen LogP contribution in [0.25, 0.3) is 0 Å². The van der Waals surface area contributed by atoms with Gasteiger partial charge in [0.15, 0.2) is 0 Å². The fraction of sp³-hybridized carbons (Fsp3) is 0.333. The quantitative estimate of drug-likeness (QED) is 0.120. The molecule has 236 valence electrons. The van der Waals surface area contributed by atoms with Gasteiger partial charge in [0.1, 0.15) is 26.2 Å². The zero-order valence-electron chi connectivity index (χ0n) is 23.9. The van der Waals surface area contributed by atoms with Crippen LogP contribution in [0.15, 0.2) is 73.3 Å². The molecule has 0 aromatic heterocycles. The third-order valence-electron chi connectivity index (χ3n) is 5.66. The SMILES string of the molecule is C=CC(=O)OCCCOC(=O)CN(CC(=O)O)c1ccccc1.O=C(O)CN(CC(=O)OC1CCOC1=O)c1ccccc1. The predicted molar refractivity (Wildman–Crippen MR) is 155 cm³/mol. The van der Waals surface area contributed by atoms with Crippen LogP contribution in [-0.2, 0) is 47.7 Å². The first kappa shape index (κ1) is 34.8. The molecule has 3 rings (SSSR count). The molecule has 2 N–H and O–H groups in total. The second-order valence-electron chi connectivity index (χ2n) is 9.05. The Labute approximate surface area is 253 Å². The average molecular weight is 615 g/mol. The lowest BCUT2D eigenvalue weighted by Crippen LogP contribution is -2.37. The molecule has 1 saturated heterocycles. The molecule has 1 aliphatic rings. The van der Waals surface area contributed by atoms with Crippen molar-refractivity contribution in [3.05, 3.63) is 73.3 Å². The van der Waals surface area contributed by atoms with Crippen LogP contribution in [0.5, 0.6) is 0 Å². The molecule has 1 heterocycles. The van der Waals surface area contributed by atoms with E-state index in [1.54, 1.807) is 60.7 Å². The average Bonchev–Trinajstić information content (AvgIpc) is 3.40. The van der Waals surface area contributed by atoms with Gasteiger partial charge in [0, 0.05) is 30.3 Å². The normalized spacial score (nSPS) is 13.3. The second kappa shape index (κ2) is 18.9. The molecule has 0 saturated carbocycles. The van der Waals surface area contributed by atoms with Crippen molar-refractivity contribution in [1.82, 2.24) is 0 Å². The molecule has 44 heavy (non-hydrogen) atoms. The Balaban J connectivity index is 0.000000308. The van der Waals surface area contributed by atoms with Crippen LogP contribution in [0.4, 0.5) is 11.4 Å². The minimum atomic E-state index is -1.06. The molecule has 1 unspecified atom stereocenters. The van der Waals surface area contributed by atoms with Crippen LogP contribution >= 0.6 is 0 Å². The standard InChI is InChI=1S/C16H19NO6.C14H15NO6/c1-2-15(20)22-9-6-10-23-16(21)12-17(11-14(18)19)13-7-4-3-5-8-13;16-12(17)8-15(10-4-2-1-3-5-10)9-13(18)21-11-6-7-20-14(11)19/h2-5,7-8H,1,6,9-12H2,(H,18,19);1-5,11H,6-9H2,(H,16,17). The van der Waals surface area contributed by atoms with Crippen molar-refractivity contribution in [2.45, 2.75) is 18.9 Å². The van der Waals surface area contributed by atoms with Gasteiger partial charge in [0.25, 0.3) is 0 Å². The van der Waals surface area contributed by atoms with Crippen molar-refractivity contribution in [2.24, 2.45) is 0 Å². The molecule has 1 atom stereocenters. The van der Waals surface area contributed by atoms with E-state index in [9.17, 15) is 28.8 Å². The van der Waals surface area contributed by atoms with Crippen LogP contribution < -0.4 is 9.80 Å². The summed E-state index contributed by atoms with van der Waals surface area (Å²) in [5.41, 5.74) is 1.21. The monoisotopic (exact) mass is 614 g/mol. The summed E-state index contributed by atoms with van der Waals surface area (Å²) in [6.45, 7) is 2.62. The lowest BCUT2D eigenvalue weighted by Gasteiger charge is -2.22. The highest BCUT2D eigenvalue weighted by Gasteiger charge is 2.30. The Bertz CT molecular complexity index is 1270. The number of aliphatic carboxylic acids is 2. The smallest absolute Gasteiger partial charge is 0.347 e. The van der Waals surface area contributed by atoms with Crippen molar-refractivity contribution in [1.29, 1.82) is 0 Å². The van der Waals surface area contributed by atoms with E-state index in [1.807, 2.05) is 0 Å². The predicted octanol–water partition coefficient (Wildman–Crippen LogP) is 1.68. The van der Waals surface area contributed by atoms with Crippen LogP contribution in [-0.4, -0.2) is 98.1 Å². The van der Waals surface area contributed by atoms with Gasteiger partial charge in [-0.05, 0) is 24.3 Å². The molecule has 0 spiro atoms. The van der Waals surface area contributed by atoms with E-state index in [1.165, 1.54) is 9.80 Å². The first-order valence-corrected chi connectivity index (χ1v) is 13.4. The molecule has 1 fully saturated rings. The summed E-state index contributed by atoms with van der Waals surface area (Å²) in [5.74, 6) is -4.42. The maximum absolute atomic E-state index is 11.8. The number of nitrogens with zero attached hydrogens (tertiary/aromatic N) is 2. The van der Waals surface area contributed by atoms with E-state index in [-0.39, 0.29) is 46.0 Å². The van der Waals surface area contributed by atoms with Crippen LogP contribution in [0.3, 0.4) is 0 Å². The summed E-state index contributed by atoms with van der Waals surface area (Å²) < 4.78 is 19.4. The summed E-state index contributed by atoms with van der Waals surface area (Å²) in [6, 6.07) is 17.4. The van der Waals surface area contributed by atoms with Crippen LogP contribution in [0.2, 0.25) is 0 Å². The first-order valence-electron chi connectivity index (χ1n) is 13.4. The van der Waals surface area contributed by atoms with Gasteiger partial charge in [-0.1, -0.05) is 43.0 Å². The highest BCUT2D eigenvalue weighted by atomic mass is 16.6. The zero-order valence-corrected chi connectivity index (χ0v) is 23.9. The van der Waals surface area contributed by atoms with Gasteiger partial charge in [-0.25, -0.2) is 9.59 Å². The van der Waals surface area contributed by atoms with Crippen molar-refractivity contribution >= 4 is 47.2 Å². The van der Waals surface area contributed by atoms with Gasteiger partial charge < -0.3 is 39.0 Å². The molecule has 1 aliphatic heterocycles. The van der Waals surface area contributed by atoms with E-state index in [2.05, 4.69) is 6.58 Å². The Hall–Kier alpha value is -5.40. The summed E-state index contributed by atoms with van der Waals surface area (Å²) in [7, 11) is 0. The molecule has 0 aliphatic carbocycles. The number of para-hydroxylation sites is 2. The largest absolute Gasteiger partial charge is 0.480 e. The van der Waals surface area contributed by atoms with E-state index in [0.717, 1.165) is 6.08 Å². The van der Waals surface area contributed by atoms with Crippen LogP contribution in [0.1, 0.15) is 12.8 Å². The Kier molecular flexibility index (Phi) is 15.0. The number of carboxylic acids is 2. The van der Waals surface area contributed by atoms with Gasteiger partial charge in [0.2, 0.25) is 6.10 Å². The van der Waals surface area contributed by atoms with Crippen LogP contribution in [0, 0.1) is 0 Å². The fourth-order valence-electron chi connectivity index (χ4n) is 3.70. The first-order chi connectivity index (χ1) is 21.1. The lowest BCUT2D eigenvalue weighted by atomic mass is 10.3.